The number of aromatic hydroxyl groups is 2. The second-order valence-electron chi connectivity index (χ2n) is 9.64. The standard InChI is InChI=1S/C27H36N2O2/c1-4-19(22-15-17-9-6-12-28(3)24(17)20(5-2)26(22)30)23-16-18-10-7-13-29-14-8-11-21(25(18)29)27(23)31/h15-16,19,30-31H,4-14H2,1-3H3. The summed E-state index contributed by atoms with van der Waals surface area (Å²) >= 11 is 0. The molecular formula is C27H36N2O2. The van der Waals surface area contributed by atoms with Crippen LogP contribution in [-0.2, 0) is 25.7 Å². The highest BCUT2D eigenvalue weighted by atomic mass is 16.3. The number of hydrogen-bond donors (Lipinski definition) is 2. The fourth-order valence-corrected chi connectivity index (χ4v) is 6.43. The van der Waals surface area contributed by atoms with Crippen molar-refractivity contribution in [3.8, 4) is 11.5 Å². The topological polar surface area (TPSA) is 46.9 Å². The van der Waals surface area contributed by atoms with Crippen LogP contribution in [0, 0.1) is 0 Å². The van der Waals surface area contributed by atoms with Crippen molar-refractivity contribution in [2.24, 2.45) is 0 Å². The number of hydrogen-bond acceptors (Lipinski definition) is 4. The van der Waals surface area contributed by atoms with Gasteiger partial charge >= 0.3 is 0 Å². The molecule has 4 nitrogen and oxygen atoms in total. The quantitative estimate of drug-likeness (QED) is 0.706. The van der Waals surface area contributed by atoms with Crippen LogP contribution in [-0.4, -0.2) is 36.9 Å². The van der Waals surface area contributed by atoms with Gasteiger partial charge in [-0.2, -0.15) is 0 Å². The van der Waals surface area contributed by atoms with Crippen LogP contribution in [0.5, 0.6) is 11.5 Å². The molecule has 1 unspecified atom stereocenters. The Morgan fingerprint density at radius 2 is 1.45 bits per heavy atom. The Labute approximate surface area is 186 Å². The van der Waals surface area contributed by atoms with Gasteiger partial charge in [-0.15, -0.1) is 0 Å². The summed E-state index contributed by atoms with van der Waals surface area (Å²) in [5.74, 6) is 0.931. The van der Waals surface area contributed by atoms with E-state index in [1.54, 1.807) is 0 Å². The summed E-state index contributed by atoms with van der Waals surface area (Å²) in [7, 11) is 2.14. The van der Waals surface area contributed by atoms with Gasteiger partial charge in [-0.25, -0.2) is 0 Å². The summed E-state index contributed by atoms with van der Waals surface area (Å²) in [5, 5.41) is 22.9. The fraction of sp³-hybridized carbons (Fsp3) is 0.556. The number of phenolic OH excluding ortho intramolecular Hbond substituents is 2. The number of benzene rings is 2. The average Bonchev–Trinajstić information content (AvgIpc) is 2.78. The van der Waals surface area contributed by atoms with Crippen molar-refractivity contribution in [1.29, 1.82) is 0 Å². The van der Waals surface area contributed by atoms with E-state index in [-0.39, 0.29) is 5.92 Å². The molecule has 0 aromatic heterocycles. The Kier molecular flexibility index (Phi) is 5.27. The Morgan fingerprint density at radius 3 is 2.13 bits per heavy atom. The van der Waals surface area contributed by atoms with Crippen molar-refractivity contribution in [3.63, 3.8) is 0 Å². The van der Waals surface area contributed by atoms with E-state index >= 15 is 0 Å². The van der Waals surface area contributed by atoms with Crippen LogP contribution in [0.3, 0.4) is 0 Å². The molecule has 3 aliphatic heterocycles. The van der Waals surface area contributed by atoms with Crippen LogP contribution in [0.2, 0.25) is 0 Å². The smallest absolute Gasteiger partial charge is 0.124 e. The Hall–Kier alpha value is -2.36. The molecule has 0 saturated carbocycles. The molecule has 0 amide bonds. The molecule has 2 N–H and O–H groups in total. The zero-order chi connectivity index (χ0) is 21.7. The summed E-state index contributed by atoms with van der Waals surface area (Å²) in [6, 6.07) is 4.50. The van der Waals surface area contributed by atoms with Crippen molar-refractivity contribution >= 4 is 11.4 Å². The molecule has 166 valence electrons. The fourth-order valence-electron chi connectivity index (χ4n) is 6.43. The van der Waals surface area contributed by atoms with Crippen molar-refractivity contribution < 1.29 is 10.2 Å². The van der Waals surface area contributed by atoms with Crippen molar-refractivity contribution in [2.45, 2.75) is 71.1 Å². The first-order chi connectivity index (χ1) is 15.0. The van der Waals surface area contributed by atoms with E-state index in [1.807, 2.05) is 0 Å². The number of anilines is 2. The molecule has 0 saturated heterocycles. The number of fused-ring (bicyclic) bond motifs is 1. The highest BCUT2D eigenvalue weighted by Crippen LogP contribution is 2.49. The van der Waals surface area contributed by atoms with Gasteiger partial charge in [-0.3, -0.25) is 0 Å². The van der Waals surface area contributed by atoms with Gasteiger partial charge in [0.25, 0.3) is 0 Å². The summed E-state index contributed by atoms with van der Waals surface area (Å²) in [6.45, 7) is 7.57. The molecule has 0 spiro atoms. The molecular weight excluding hydrogens is 384 g/mol. The van der Waals surface area contributed by atoms with Crippen molar-refractivity contribution in [2.75, 3.05) is 36.5 Å². The third-order valence-electron chi connectivity index (χ3n) is 7.84. The monoisotopic (exact) mass is 420 g/mol. The maximum absolute atomic E-state index is 11.4. The lowest BCUT2D eigenvalue weighted by atomic mass is 9.80. The van der Waals surface area contributed by atoms with E-state index in [4.69, 9.17) is 0 Å². The van der Waals surface area contributed by atoms with Gasteiger partial charge in [0.1, 0.15) is 11.5 Å². The maximum Gasteiger partial charge on any atom is 0.124 e. The Bertz CT molecular complexity index is 960. The predicted molar refractivity (Wildman–Crippen MR) is 128 cm³/mol. The molecule has 4 heteroatoms. The zero-order valence-corrected chi connectivity index (χ0v) is 19.3. The van der Waals surface area contributed by atoms with Crippen molar-refractivity contribution in [3.05, 3.63) is 45.5 Å². The highest BCUT2D eigenvalue weighted by molar-refractivity contribution is 5.72. The number of phenols is 2. The van der Waals surface area contributed by atoms with E-state index in [1.165, 1.54) is 28.9 Å². The lowest BCUT2D eigenvalue weighted by molar-refractivity contribution is 0.442. The number of aryl methyl sites for hydroxylation is 2. The predicted octanol–water partition coefficient (Wildman–Crippen LogP) is 5.28. The largest absolute Gasteiger partial charge is 0.507 e. The molecule has 0 fully saturated rings. The molecule has 0 radical (unpaired) electrons. The normalized spacial score (nSPS) is 18.5. The van der Waals surface area contributed by atoms with Gasteiger partial charge in [0.05, 0.1) is 0 Å². The van der Waals surface area contributed by atoms with Gasteiger partial charge in [0.2, 0.25) is 0 Å². The van der Waals surface area contributed by atoms with Crippen molar-refractivity contribution in [1.82, 2.24) is 0 Å². The van der Waals surface area contributed by atoms with Gasteiger partial charge in [0, 0.05) is 66.2 Å². The molecule has 3 aliphatic rings. The molecule has 3 heterocycles. The third kappa shape index (κ3) is 3.18. The lowest BCUT2D eigenvalue weighted by Gasteiger charge is -2.38. The molecule has 5 rings (SSSR count). The molecule has 2 aromatic rings. The second kappa shape index (κ2) is 7.96. The minimum Gasteiger partial charge on any atom is -0.507 e. The van der Waals surface area contributed by atoms with Gasteiger partial charge in [0.15, 0.2) is 0 Å². The molecule has 0 aliphatic carbocycles. The van der Waals surface area contributed by atoms with Crippen LogP contribution in [0.4, 0.5) is 11.4 Å². The first kappa shape index (κ1) is 20.5. The van der Waals surface area contributed by atoms with Crippen LogP contribution >= 0.6 is 0 Å². The van der Waals surface area contributed by atoms with Gasteiger partial charge < -0.3 is 20.0 Å². The van der Waals surface area contributed by atoms with Crippen LogP contribution in [0.15, 0.2) is 12.1 Å². The average molecular weight is 421 g/mol. The van der Waals surface area contributed by atoms with E-state index in [0.717, 1.165) is 86.8 Å². The number of nitrogens with zero attached hydrogens (tertiary/aromatic N) is 2. The molecule has 2 aromatic carbocycles. The highest BCUT2D eigenvalue weighted by Gasteiger charge is 2.32. The first-order valence-corrected chi connectivity index (χ1v) is 12.3. The van der Waals surface area contributed by atoms with Gasteiger partial charge in [-0.1, -0.05) is 13.8 Å². The molecule has 31 heavy (non-hydrogen) atoms. The summed E-state index contributed by atoms with van der Waals surface area (Å²) < 4.78 is 0. The molecule has 1 atom stereocenters. The SMILES string of the molecule is CCc1c(O)c(C(CC)c2cc3c4c(c2O)CCCN4CCC3)cc2c1N(C)CCC2. The summed E-state index contributed by atoms with van der Waals surface area (Å²) in [6.07, 6.45) is 8.23. The summed E-state index contributed by atoms with van der Waals surface area (Å²) in [5.41, 5.74) is 9.50. The minimum absolute atomic E-state index is 0.0154. The van der Waals surface area contributed by atoms with Crippen LogP contribution in [0.1, 0.15) is 78.8 Å². The molecule has 0 bridgehead atoms. The Balaban J connectivity index is 1.68. The van der Waals surface area contributed by atoms with Crippen LogP contribution < -0.4 is 9.80 Å². The summed E-state index contributed by atoms with van der Waals surface area (Å²) in [4.78, 5) is 4.78. The van der Waals surface area contributed by atoms with E-state index in [2.05, 4.69) is 42.8 Å². The minimum atomic E-state index is 0.0154. The second-order valence-corrected chi connectivity index (χ2v) is 9.64. The van der Waals surface area contributed by atoms with Crippen LogP contribution in [0.25, 0.3) is 0 Å². The number of rotatable bonds is 4. The lowest BCUT2D eigenvalue weighted by Crippen LogP contribution is -2.34. The van der Waals surface area contributed by atoms with Gasteiger partial charge in [-0.05, 0) is 74.6 Å². The zero-order valence-electron chi connectivity index (χ0n) is 19.3. The van der Waals surface area contributed by atoms with E-state index in [9.17, 15) is 10.2 Å². The van der Waals surface area contributed by atoms with E-state index < -0.39 is 0 Å². The first-order valence-electron chi connectivity index (χ1n) is 12.3. The maximum atomic E-state index is 11.4. The van der Waals surface area contributed by atoms with E-state index in [0.29, 0.717) is 11.5 Å². The third-order valence-corrected chi connectivity index (χ3v) is 7.84. The Morgan fingerprint density at radius 1 is 0.839 bits per heavy atom.